The van der Waals surface area contributed by atoms with Crippen LogP contribution in [0.3, 0.4) is 0 Å². The van der Waals surface area contributed by atoms with E-state index < -0.39 is 74.4 Å². The monoisotopic (exact) mass is 394 g/mol. The number of unbranched alkanes of at least 4 members (excludes halogenated alkanes) is 1. The maximum Gasteiger partial charge on any atom is 0.187 e. The Balaban J connectivity index is 2.06. The Morgan fingerprint density at radius 1 is 0.778 bits per heavy atom. The van der Waals surface area contributed by atoms with Crippen molar-refractivity contribution in [1.82, 2.24) is 0 Å². The first-order valence-electron chi connectivity index (χ1n) is 9.05. The second kappa shape index (κ2) is 10.2. The van der Waals surface area contributed by atoms with Crippen molar-refractivity contribution < 1.29 is 50.0 Å². The van der Waals surface area contributed by atoms with E-state index in [0.717, 1.165) is 0 Å². The molecule has 0 spiro atoms. The van der Waals surface area contributed by atoms with E-state index in [4.69, 9.17) is 14.2 Å². The zero-order valence-corrected chi connectivity index (χ0v) is 14.9. The molecular weight excluding hydrogens is 364 g/mol. The predicted molar refractivity (Wildman–Crippen MR) is 90.4 cm³/mol. The summed E-state index contributed by atoms with van der Waals surface area (Å²) in [6, 6.07) is 0. The van der Waals surface area contributed by atoms with Gasteiger partial charge in [-0.05, 0) is 19.3 Å². The second-order valence-electron chi connectivity index (χ2n) is 6.89. The highest BCUT2D eigenvalue weighted by Gasteiger charge is 2.50. The normalized spacial score (nSPS) is 45.6. The molecule has 0 aromatic carbocycles. The van der Waals surface area contributed by atoms with Crippen LogP contribution < -0.4 is 0 Å². The molecule has 27 heavy (non-hydrogen) atoms. The maximum atomic E-state index is 10.4. The number of allylic oxidation sites excluding steroid dienone is 1. The maximum absolute atomic E-state index is 10.4. The van der Waals surface area contributed by atoms with Gasteiger partial charge in [0.15, 0.2) is 6.29 Å². The van der Waals surface area contributed by atoms with Crippen LogP contribution in [0.15, 0.2) is 12.7 Å². The molecule has 2 aliphatic rings. The summed E-state index contributed by atoms with van der Waals surface area (Å²) >= 11 is 0. The van der Waals surface area contributed by atoms with Crippen LogP contribution in [-0.2, 0) is 14.2 Å². The molecule has 0 aliphatic carbocycles. The molecule has 0 radical (unpaired) electrons. The van der Waals surface area contributed by atoms with Crippen molar-refractivity contribution in [3.05, 3.63) is 12.7 Å². The van der Waals surface area contributed by atoms with Gasteiger partial charge in [0.05, 0.1) is 19.3 Å². The summed E-state index contributed by atoms with van der Waals surface area (Å²) in [6.45, 7) is 2.45. The first kappa shape index (κ1) is 22.6. The van der Waals surface area contributed by atoms with Crippen molar-refractivity contribution in [2.24, 2.45) is 0 Å². The summed E-state index contributed by atoms with van der Waals surface area (Å²) in [5.41, 5.74) is 0. The topological polar surface area (TPSA) is 169 Å². The Hall–Kier alpha value is -0.660. The van der Waals surface area contributed by atoms with Crippen LogP contribution in [0.4, 0.5) is 0 Å². The fraction of sp³-hybridized carbons (Fsp3) is 0.882. The first-order valence-corrected chi connectivity index (χ1v) is 9.05. The van der Waals surface area contributed by atoms with Gasteiger partial charge in [-0.25, -0.2) is 0 Å². The molecule has 2 fully saturated rings. The molecular formula is C17H30O10. The molecule has 0 unspecified atom stereocenters. The summed E-state index contributed by atoms with van der Waals surface area (Å²) in [5, 5.41) is 69.3. The molecule has 2 aliphatic heterocycles. The van der Waals surface area contributed by atoms with Crippen molar-refractivity contribution in [2.45, 2.75) is 80.5 Å². The first-order chi connectivity index (χ1) is 12.8. The van der Waals surface area contributed by atoms with Crippen molar-refractivity contribution in [3.63, 3.8) is 0 Å². The molecule has 10 heteroatoms. The van der Waals surface area contributed by atoms with E-state index in [2.05, 4.69) is 6.58 Å². The van der Waals surface area contributed by atoms with Gasteiger partial charge < -0.3 is 50.0 Å². The number of hydrogen-bond donors (Lipinski definition) is 7. The third kappa shape index (κ3) is 5.04. The third-order valence-electron chi connectivity index (χ3n) is 5.00. The average molecular weight is 394 g/mol. The van der Waals surface area contributed by atoms with Crippen LogP contribution in [-0.4, -0.2) is 110 Å². The highest BCUT2D eigenvalue weighted by molar-refractivity contribution is 4.95. The van der Waals surface area contributed by atoms with Gasteiger partial charge in [0.2, 0.25) is 0 Å². The highest BCUT2D eigenvalue weighted by Crippen LogP contribution is 2.30. The zero-order valence-electron chi connectivity index (χ0n) is 14.9. The van der Waals surface area contributed by atoms with Gasteiger partial charge in [-0.1, -0.05) is 6.08 Å². The van der Waals surface area contributed by atoms with Crippen LogP contribution in [0.2, 0.25) is 0 Å². The molecule has 158 valence electrons. The van der Waals surface area contributed by atoms with E-state index in [1.807, 2.05) is 0 Å². The molecule has 10 atom stereocenters. The van der Waals surface area contributed by atoms with E-state index in [9.17, 15) is 35.7 Å². The number of aliphatic hydroxyl groups is 7. The van der Waals surface area contributed by atoms with Crippen LogP contribution in [0.1, 0.15) is 19.3 Å². The number of hydrogen-bond acceptors (Lipinski definition) is 10. The Kier molecular flexibility index (Phi) is 8.56. The van der Waals surface area contributed by atoms with Crippen molar-refractivity contribution in [3.8, 4) is 0 Å². The molecule has 0 amide bonds. The second-order valence-corrected chi connectivity index (χ2v) is 6.89. The minimum atomic E-state index is -1.67. The van der Waals surface area contributed by atoms with Crippen molar-refractivity contribution in [1.29, 1.82) is 0 Å². The minimum absolute atomic E-state index is 0.438. The summed E-state index contributed by atoms with van der Waals surface area (Å²) in [6.07, 6.45) is -9.75. The lowest BCUT2D eigenvalue weighted by Crippen LogP contribution is -2.64. The van der Waals surface area contributed by atoms with Crippen molar-refractivity contribution >= 4 is 0 Å². The Morgan fingerprint density at radius 2 is 1.41 bits per heavy atom. The largest absolute Gasteiger partial charge is 0.394 e. The van der Waals surface area contributed by atoms with Gasteiger partial charge in [0.1, 0.15) is 48.8 Å². The Bertz CT molecular complexity index is 459. The van der Waals surface area contributed by atoms with Crippen LogP contribution in [0, 0.1) is 0 Å². The summed E-state index contributed by atoms with van der Waals surface area (Å²) in [5.74, 6) is 0. The molecule has 0 saturated carbocycles. The molecule has 10 nitrogen and oxygen atoms in total. The molecule has 2 saturated heterocycles. The highest BCUT2D eigenvalue weighted by atomic mass is 16.7. The standard InChI is InChI=1S/C17H30O10/c1-2-3-4-5-8-11(20)14(23)16(10(7-19)25-8)27-17-15(24)13(22)12(21)9(6-18)26-17/h2,8-24H,1,3-7H2/t8-,9+,10+,11-,12+,13-,14+,15+,16+,17-/m0/s1. The van der Waals surface area contributed by atoms with E-state index in [0.29, 0.717) is 19.3 Å². The summed E-state index contributed by atoms with van der Waals surface area (Å²) in [7, 11) is 0. The van der Waals surface area contributed by atoms with E-state index in [1.165, 1.54) is 0 Å². The lowest BCUT2D eigenvalue weighted by molar-refractivity contribution is -0.342. The molecule has 0 bridgehead atoms. The van der Waals surface area contributed by atoms with Crippen LogP contribution >= 0.6 is 0 Å². The fourth-order valence-corrected chi connectivity index (χ4v) is 3.37. The van der Waals surface area contributed by atoms with E-state index >= 15 is 0 Å². The third-order valence-corrected chi connectivity index (χ3v) is 5.00. The SMILES string of the molecule is C=CCCC[C@@H]1O[C@H](CO)[C@@H](O[C@@H]2O[C@H](CO)[C@@H](O)[C@H](O)[C@H]2O)[C@H](O)[C@H]1O. The lowest BCUT2D eigenvalue weighted by atomic mass is 9.92. The lowest BCUT2D eigenvalue weighted by Gasteiger charge is -2.46. The summed E-state index contributed by atoms with van der Waals surface area (Å²) < 4.78 is 16.4. The molecule has 2 rings (SSSR count). The smallest absolute Gasteiger partial charge is 0.187 e. The number of rotatable bonds is 8. The van der Waals surface area contributed by atoms with Crippen LogP contribution in [0.5, 0.6) is 0 Å². The number of ether oxygens (including phenoxy) is 3. The molecule has 0 aromatic heterocycles. The van der Waals surface area contributed by atoms with Crippen LogP contribution in [0.25, 0.3) is 0 Å². The Morgan fingerprint density at radius 3 is 2.00 bits per heavy atom. The van der Waals surface area contributed by atoms with Gasteiger partial charge in [-0.3, -0.25) is 0 Å². The van der Waals surface area contributed by atoms with Gasteiger partial charge in [-0.2, -0.15) is 0 Å². The van der Waals surface area contributed by atoms with E-state index in [-0.39, 0.29) is 0 Å². The van der Waals surface area contributed by atoms with Gasteiger partial charge in [0.25, 0.3) is 0 Å². The average Bonchev–Trinajstić information content (AvgIpc) is 2.67. The molecule has 0 aromatic rings. The van der Waals surface area contributed by atoms with Gasteiger partial charge in [-0.15, -0.1) is 6.58 Å². The minimum Gasteiger partial charge on any atom is -0.394 e. The molecule has 7 N–H and O–H groups in total. The predicted octanol–water partition coefficient (Wildman–Crippen LogP) is -2.99. The van der Waals surface area contributed by atoms with E-state index in [1.54, 1.807) is 6.08 Å². The fourth-order valence-electron chi connectivity index (χ4n) is 3.37. The van der Waals surface area contributed by atoms with Crippen molar-refractivity contribution in [2.75, 3.05) is 13.2 Å². The quantitative estimate of drug-likeness (QED) is 0.166. The summed E-state index contributed by atoms with van der Waals surface area (Å²) in [4.78, 5) is 0. The Labute approximate surface area is 157 Å². The zero-order chi connectivity index (χ0) is 20.1. The molecule has 2 heterocycles. The van der Waals surface area contributed by atoms with Gasteiger partial charge >= 0.3 is 0 Å². The number of aliphatic hydroxyl groups excluding tert-OH is 7. The van der Waals surface area contributed by atoms with Gasteiger partial charge in [0, 0.05) is 0 Å².